The van der Waals surface area contributed by atoms with Crippen molar-refractivity contribution in [3.63, 3.8) is 0 Å². The van der Waals surface area contributed by atoms with E-state index in [1.807, 2.05) is 6.92 Å². The molecule has 8 heteroatoms. The lowest BCUT2D eigenvalue weighted by atomic mass is 10.1. The summed E-state index contributed by atoms with van der Waals surface area (Å²) in [6, 6.07) is 2.95. The van der Waals surface area contributed by atoms with Crippen LogP contribution in [0.15, 0.2) is 22.6 Å². The molecule has 24 heavy (non-hydrogen) atoms. The second-order valence-electron chi connectivity index (χ2n) is 5.79. The summed E-state index contributed by atoms with van der Waals surface area (Å²) in [6.45, 7) is 5.82. The van der Waals surface area contributed by atoms with Crippen molar-refractivity contribution >= 4 is 5.91 Å². The molecule has 0 aliphatic carbocycles. The van der Waals surface area contributed by atoms with E-state index in [0.29, 0.717) is 38.0 Å². The Balaban J connectivity index is 1.63. The number of halogens is 2. The van der Waals surface area contributed by atoms with Crippen LogP contribution in [0.4, 0.5) is 8.78 Å². The third-order valence-corrected chi connectivity index (χ3v) is 4.21. The van der Waals surface area contributed by atoms with Crippen LogP contribution in [0.25, 0.3) is 0 Å². The average Bonchev–Trinajstić information content (AvgIpc) is 3.00. The molecular formula is C16H18F2N4O2. The molecule has 0 N–H and O–H groups in total. The summed E-state index contributed by atoms with van der Waals surface area (Å²) >= 11 is 0. The molecule has 1 atom stereocenters. The summed E-state index contributed by atoms with van der Waals surface area (Å²) in [4.78, 5) is 16.1. The van der Waals surface area contributed by atoms with E-state index in [2.05, 4.69) is 15.1 Å². The van der Waals surface area contributed by atoms with E-state index >= 15 is 0 Å². The molecule has 1 aliphatic heterocycles. The van der Waals surface area contributed by atoms with Crippen molar-refractivity contribution in [2.75, 3.05) is 26.2 Å². The van der Waals surface area contributed by atoms with Gasteiger partial charge in [-0.05, 0) is 19.1 Å². The minimum atomic E-state index is -0.836. The first kappa shape index (κ1) is 16.5. The third kappa shape index (κ3) is 3.28. The van der Waals surface area contributed by atoms with Gasteiger partial charge in [-0.15, -0.1) is 10.2 Å². The lowest BCUT2D eigenvalue weighted by Gasteiger charge is -2.36. The summed E-state index contributed by atoms with van der Waals surface area (Å²) < 4.78 is 32.2. The molecule has 0 radical (unpaired) electrons. The van der Waals surface area contributed by atoms with E-state index in [1.54, 1.807) is 11.8 Å². The van der Waals surface area contributed by atoms with Gasteiger partial charge in [-0.2, -0.15) is 0 Å². The lowest BCUT2D eigenvalue weighted by molar-refractivity contribution is 0.0553. The topological polar surface area (TPSA) is 62.5 Å². The molecule has 1 fully saturated rings. The number of nitrogens with zero attached hydrogens (tertiary/aromatic N) is 4. The van der Waals surface area contributed by atoms with Gasteiger partial charge in [0.25, 0.3) is 5.91 Å². The van der Waals surface area contributed by atoms with E-state index < -0.39 is 17.5 Å². The Morgan fingerprint density at radius 2 is 1.92 bits per heavy atom. The summed E-state index contributed by atoms with van der Waals surface area (Å²) in [5.74, 6) is -0.905. The Bertz CT molecular complexity index is 741. The number of carbonyl (C=O) groups excluding carboxylic acids is 1. The van der Waals surface area contributed by atoms with Gasteiger partial charge < -0.3 is 9.32 Å². The zero-order valence-corrected chi connectivity index (χ0v) is 13.5. The molecule has 0 saturated carbocycles. The summed E-state index contributed by atoms with van der Waals surface area (Å²) in [7, 11) is 0. The predicted molar refractivity (Wildman–Crippen MR) is 81.3 cm³/mol. The van der Waals surface area contributed by atoms with Gasteiger partial charge in [-0.25, -0.2) is 8.78 Å². The molecule has 1 aromatic heterocycles. The Hall–Kier alpha value is -2.35. The fourth-order valence-corrected chi connectivity index (χ4v) is 2.78. The number of rotatable bonds is 3. The first-order valence-electron chi connectivity index (χ1n) is 7.74. The van der Waals surface area contributed by atoms with Crippen LogP contribution in [0, 0.1) is 18.6 Å². The highest BCUT2D eigenvalue weighted by atomic mass is 19.1. The average molecular weight is 336 g/mol. The number of benzene rings is 1. The molecule has 128 valence electrons. The first-order chi connectivity index (χ1) is 11.5. The van der Waals surface area contributed by atoms with Crippen LogP contribution in [0.5, 0.6) is 0 Å². The van der Waals surface area contributed by atoms with Crippen LogP contribution in [0.3, 0.4) is 0 Å². The van der Waals surface area contributed by atoms with Gasteiger partial charge in [-0.1, -0.05) is 0 Å². The van der Waals surface area contributed by atoms with Gasteiger partial charge in [-0.3, -0.25) is 9.69 Å². The van der Waals surface area contributed by atoms with Crippen molar-refractivity contribution in [3.05, 3.63) is 47.2 Å². The summed E-state index contributed by atoms with van der Waals surface area (Å²) in [6.07, 6.45) is 0. The second kappa shape index (κ2) is 6.64. The largest absolute Gasteiger partial charge is 0.424 e. The van der Waals surface area contributed by atoms with E-state index in [0.717, 1.165) is 12.1 Å². The lowest BCUT2D eigenvalue weighted by Crippen LogP contribution is -2.49. The fourth-order valence-electron chi connectivity index (χ4n) is 2.78. The Labute approximate surface area is 138 Å². The second-order valence-corrected chi connectivity index (χ2v) is 5.79. The van der Waals surface area contributed by atoms with Crippen LogP contribution in [0.2, 0.25) is 0 Å². The van der Waals surface area contributed by atoms with Gasteiger partial charge in [0.1, 0.15) is 11.6 Å². The van der Waals surface area contributed by atoms with Gasteiger partial charge in [0.2, 0.25) is 11.8 Å². The van der Waals surface area contributed by atoms with Crippen molar-refractivity contribution in [2.45, 2.75) is 19.9 Å². The van der Waals surface area contributed by atoms with Gasteiger partial charge in [0, 0.05) is 39.2 Å². The van der Waals surface area contributed by atoms with Crippen LogP contribution in [0.1, 0.15) is 35.1 Å². The van der Waals surface area contributed by atoms with Gasteiger partial charge in [0.05, 0.1) is 11.6 Å². The number of amides is 1. The number of aromatic nitrogens is 2. The number of piperazine rings is 1. The maximum absolute atomic E-state index is 13.8. The molecule has 0 bridgehead atoms. The fraction of sp³-hybridized carbons (Fsp3) is 0.438. The monoisotopic (exact) mass is 336 g/mol. The van der Waals surface area contributed by atoms with Crippen molar-refractivity contribution in [2.24, 2.45) is 0 Å². The van der Waals surface area contributed by atoms with Crippen molar-refractivity contribution in [3.8, 4) is 0 Å². The highest BCUT2D eigenvalue weighted by Gasteiger charge is 2.28. The molecule has 0 unspecified atom stereocenters. The molecule has 1 aliphatic rings. The maximum atomic E-state index is 13.8. The number of hydrogen-bond donors (Lipinski definition) is 0. The molecular weight excluding hydrogens is 318 g/mol. The molecule has 1 aromatic carbocycles. The molecule has 2 aromatic rings. The van der Waals surface area contributed by atoms with E-state index in [1.165, 1.54) is 6.07 Å². The normalized spacial score (nSPS) is 17.1. The number of aryl methyl sites for hydroxylation is 1. The first-order valence-corrected chi connectivity index (χ1v) is 7.74. The van der Waals surface area contributed by atoms with Crippen molar-refractivity contribution in [1.29, 1.82) is 0 Å². The summed E-state index contributed by atoms with van der Waals surface area (Å²) in [5, 5.41) is 7.84. The van der Waals surface area contributed by atoms with Gasteiger partial charge in [0.15, 0.2) is 0 Å². The minimum Gasteiger partial charge on any atom is -0.424 e. The Kier molecular flexibility index (Phi) is 4.57. The highest BCUT2D eigenvalue weighted by molar-refractivity contribution is 5.94. The number of carbonyl (C=O) groups is 1. The smallest absolute Gasteiger partial charge is 0.256 e. The van der Waals surface area contributed by atoms with Crippen LogP contribution in [-0.2, 0) is 0 Å². The van der Waals surface area contributed by atoms with Gasteiger partial charge >= 0.3 is 0 Å². The molecule has 1 amide bonds. The van der Waals surface area contributed by atoms with Crippen molar-refractivity contribution in [1.82, 2.24) is 20.0 Å². The van der Waals surface area contributed by atoms with E-state index in [4.69, 9.17) is 4.42 Å². The third-order valence-electron chi connectivity index (χ3n) is 4.21. The molecule has 2 heterocycles. The molecule has 3 rings (SSSR count). The van der Waals surface area contributed by atoms with Crippen molar-refractivity contribution < 1.29 is 18.0 Å². The highest BCUT2D eigenvalue weighted by Crippen LogP contribution is 2.21. The molecule has 6 nitrogen and oxygen atoms in total. The quantitative estimate of drug-likeness (QED) is 0.860. The zero-order chi connectivity index (χ0) is 17.3. The minimum absolute atomic E-state index is 0.0500. The summed E-state index contributed by atoms with van der Waals surface area (Å²) in [5.41, 5.74) is -0.106. The zero-order valence-electron chi connectivity index (χ0n) is 13.5. The Morgan fingerprint density at radius 1 is 1.21 bits per heavy atom. The predicted octanol–water partition coefficient (Wildman–Crippen LogP) is 2.18. The van der Waals surface area contributed by atoms with Crippen LogP contribution in [-0.4, -0.2) is 52.1 Å². The Morgan fingerprint density at radius 3 is 2.50 bits per heavy atom. The molecule has 0 spiro atoms. The van der Waals surface area contributed by atoms with Crippen LogP contribution < -0.4 is 0 Å². The van der Waals surface area contributed by atoms with Crippen LogP contribution >= 0.6 is 0 Å². The van der Waals surface area contributed by atoms with E-state index in [9.17, 15) is 13.6 Å². The standard InChI is InChI=1S/C16H18F2N4O2/c1-10(15-20-19-11(2)24-15)21-5-7-22(8-6-21)16(23)13-4-3-12(17)9-14(13)18/h3-4,9-10H,5-8H2,1-2H3/t10-/m1/s1. The molecule has 1 saturated heterocycles. The number of hydrogen-bond acceptors (Lipinski definition) is 5. The maximum Gasteiger partial charge on any atom is 0.256 e. The van der Waals surface area contributed by atoms with E-state index in [-0.39, 0.29) is 11.6 Å². The SMILES string of the molecule is Cc1nnc([C@@H](C)N2CCN(C(=O)c3ccc(F)cc3F)CC2)o1.